The van der Waals surface area contributed by atoms with Crippen molar-refractivity contribution in [2.45, 2.75) is 12.8 Å². The largest absolute Gasteiger partial charge is 0.310 e. The zero-order valence-electron chi connectivity index (χ0n) is 46.5. The molecule has 84 heavy (non-hydrogen) atoms. The number of rotatable bonds is 12. The van der Waals surface area contributed by atoms with Crippen molar-refractivity contribution >= 4 is 78.6 Å². The Hall–Kier alpha value is -10.8. The molecule has 0 fully saturated rings. The summed E-state index contributed by atoms with van der Waals surface area (Å²) in [5.74, 6) is 0. The van der Waals surface area contributed by atoms with E-state index in [4.69, 9.17) is 0 Å². The van der Waals surface area contributed by atoms with E-state index in [2.05, 4.69) is 337 Å². The Labute approximate surface area is 491 Å². The van der Waals surface area contributed by atoms with Crippen molar-refractivity contribution < 1.29 is 0 Å². The molecule has 0 bridgehead atoms. The lowest BCUT2D eigenvalue weighted by Gasteiger charge is -2.26. The molecule has 14 aromatic carbocycles. The van der Waals surface area contributed by atoms with Gasteiger partial charge in [-0.3, -0.25) is 0 Å². The minimum atomic E-state index is 0.986. The SMILES string of the molecule is C1=c2c(-c3cccc(-c4c5ccccc5c(-c5cccc(N(c6ccccc6)c6ccc(-c7ccccc7)cc6)c5)c5ccccc45)c3)c3ccccc3c(-c3cccc(N(c4ccccc4)c4ccc(-c5ccccc5)cc4)c3)c2=CCC1. The van der Waals surface area contributed by atoms with Crippen LogP contribution in [-0.4, -0.2) is 0 Å². The highest BCUT2D eigenvalue weighted by Crippen LogP contribution is 2.47. The number of anilines is 6. The van der Waals surface area contributed by atoms with E-state index in [1.165, 1.54) is 110 Å². The van der Waals surface area contributed by atoms with E-state index < -0.39 is 0 Å². The van der Waals surface area contributed by atoms with Crippen molar-refractivity contribution in [1.29, 1.82) is 0 Å². The Morgan fingerprint density at radius 2 is 0.429 bits per heavy atom. The number of fused-ring (bicyclic) bond motifs is 4. The van der Waals surface area contributed by atoms with Gasteiger partial charge in [0.05, 0.1) is 0 Å². The molecule has 2 nitrogen and oxygen atoms in total. The Balaban J connectivity index is 0.849. The molecule has 14 aromatic rings. The van der Waals surface area contributed by atoms with Gasteiger partial charge in [-0.2, -0.15) is 0 Å². The molecule has 0 atom stereocenters. The maximum Gasteiger partial charge on any atom is 0.0467 e. The van der Waals surface area contributed by atoms with Crippen molar-refractivity contribution in [3.05, 3.63) is 326 Å². The number of benzene rings is 14. The molecule has 0 saturated carbocycles. The molecule has 0 N–H and O–H groups in total. The van der Waals surface area contributed by atoms with Crippen LogP contribution >= 0.6 is 0 Å². The molecule has 2 heteroatoms. The van der Waals surface area contributed by atoms with Gasteiger partial charge in [-0.05, 0) is 201 Å². The highest BCUT2D eigenvalue weighted by Gasteiger charge is 2.22. The molecule has 0 spiro atoms. The van der Waals surface area contributed by atoms with Gasteiger partial charge in [-0.1, -0.05) is 249 Å². The lowest BCUT2D eigenvalue weighted by atomic mass is 9.83. The zero-order valence-corrected chi connectivity index (χ0v) is 46.5. The van der Waals surface area contributed by atoms with Crippen LogP contribution in [0.15, 0.2) is 315 Å². The summed E-state index contributed by atoms with van der Waals surface area (Å²) < 4.78 is 0. The van der Waals surface area contributed by atoms with E-state index in [9.17, 15) is 0 Å². The van der Waals surface area contributed by atoms with Gasteiger partial charge in [0.25, 0.3) is 0 Å². The minimum Gasteiger partial charge on any atom is -0.310 e. The Morgan fingerprint density at radius 3 is 0.810 bits per heavy atom. The second-order valence-corrected chi connectivity index (χ2v) is 21.8. The summed E-state index contributed by atoms with van der Waals surface area (Å²) in [6.45, 7) is 0. The van der Waals surface area contributed by atoms with Crippen molar-refractivity contribution in [2.24, 2.45) is 0 Å². The normalized spacial score (nSPS) is 11.9. The van der Waals surface area contributed by atoms with E-state index >= 15 is 0 Å². The van der Waals surface area contributed by atoms with Gasteiger partial charge in [0.15, 0.2) is 0 Å². The molecular weight excluding hydrogens is 1010 g/mol. The molecule has 1 aliphatic carbocycles. The first kappa shape index (κ1) is 50.2. The Kier molecular flexibility index (Phi) is 13.1. The number of nitrogens with zero attached hydrogens (tertiary/aromatic N) is 2. The van der Waals surface area contributed by atoms with Crippen LogP contribution in [0.4, 0.5) is 34.1 Å². The Bertz CT molecular complexity index is 4800. The van der Waals surface area contributed by atoms with Gasteiger partial charge in [0.1, 0.15) is 0 Å². The predicted molar refractivity (Wildman–Crippen MR) is 358 cm³/mol. The van der Waals surface area contributed by atoms with Crippen molar-refractivity contribution in [1.82, 2.24) is 0 Å². The molecule has 15 rings (SSSR count). The van der Waals surface area contributed by atoms with Gasteiger partial charge >= 0.3 is 0 Å². The zero-order chi connectivity index (χ0) is 55.8. The fourth-order valence-electron chi connectivity index (χ4n) is 13.1. The predicted octanol–water partition coefficient (Wildman–Crippen LogP) is 21.4. The number of hydrogen-bond donors (Lipinski definition) is 0. The van der Waals surface area contributed by atoms with Gasteiger partial charge in [-0.25, -0.2) is 0 Å². The van der Waals surface area contributed by atoms with Crippen LogP contribution in [0.3, 0.4) is 0 Å². The summed E-state index contributed by atoms with van der Waals surface area (Å²) >= 11 is 0. The third kappa shape index (κ3) is 9.21. The van der Waals surface area contributed by atoms with Crippen LogP contribution in [0.1, 0.15) is 12.8 Å². The van der Waals surface area contributed by atoms with Crippen LogP contribution in [-0.2, 0) is 0 Å². The first-order chi connectivity index (χ1) is 41.7. The second-order valence-electron chi connectivity index (χ2n) is 21.8. The molecular formula is C82H58N2. The smallest absolute Gasteiger partial charge is 0.0467 e. The highest BCUT2D eigenvalue weighted by molar-refractivity contribution is 6.22. The van der Waals surface area contributed by atoms with Gasteiger partial charge < -0.3 is 9.80 Å². The van der Waals surface area contributed by atoms with Crippen LogP contribution in [0.25, 0.3) is 111 Å². The molecule has 0 heterocycles. The first-order valence-corrected chi connectivity index (χ1v) is 29.2. The van der Waals surface area contributed by atoms with Gasteiger partial charge in [0, 0.05) is 34.1 Å². The third-order valence-corrected chi connectivity index (χ3v) is 16.8. The summed E-state index contributed by atoms with van der Waals surface area (Å²) in [7, 11) is 0. The summed E-state index contributed by atoms with van der Waals surface area (Å²) in [5, 5.41) is 9.99. The third-order valence-electron chi connectivity index (χ3n) is 16.8. The van der Waals surface area contributed by atoms with Crippen molar-refractivity contribution in [2.75, 3.05) is 9.80 Å². The number of hydrogen-bond acceptors (Lipinski definition) is 2. The van der Waals surface area contributed by atoms with E-state index in [0.29, 0.717) is 0 Å². The van der Waals surface area contributed by atoms with Crippen LogP contribution in [0, 0.1) is 0 Å². The topological polar surface area (TPSA) is 6.48 Å². The summed E-state index contributed by atoms with van der Waals surface area (Å²) in [6.07, 6.45) is 6.96. The van der Waals surface area contributed by atoms with Crippen LogP contribution < -0.4 is 20.2 Å². The number of para-hydroxylation sites is 2. The minimum absolute atomic E-state index is 0.986. The van der Waals surface area contributed by atoms with Crippen LogP contribution in [0.2, 0.25) is 0 Å². The van der Waals surface area contributed by atoms with Crippen molar-refractivity contribution in [3.63, 3.8) is 0 Å². The average molecular weight is 1070 g/mol. The van der Waals surface area contributed by atoms with Crippen LogP contribution in [0.5, 0.6) is 0 Å². The standard InChI is InChI=1S/C82H58N2/c1-5-24-57(25-6-1)59-46-50-67(51-47-59)83(65-32-9-3-10-33-65)69-36-22-30-63(55-69)81-75-42-17-13-38-71(75)79(72-39-14-18-43-76(72)81)61-28-21-29-62(54-61)80-73-40-15-19-44-77(73)82(78-45-20-16-41-74(78)80)64-31-23-37-70(56-64)84(66-34-11-4-12-35-66)68-52-48-60(49-53-68)58-26-7-2-8-27-58/h1-15,17-19,21-56H,16,20H2. The first-order valence-electron chi connectivity index (χ1n) is 29.2. The highest BCUT2D eigenvalue weighted by atomic mass is 15.1. The molecule has 0 aliphatic heterocycles. The fourth-order valence-corrected chi connectivity index (χ4v) is 13.1. The van der Waals surface area contributed by atoms with E-state index in [1.807, 2.05) is 0 Å². The summed E-state index contributed by atoms with van der Waals surface area (Å²) in [4.78, 5) is 4.75. The van der Waals surface area contributed by atoms with E-state index in [0.717, 1.165) is 47.0 Å². The van der Waals surface area contributed by atoms with E-state index in [-0.39, 0.29) is 0 Å². The average Bonchev–Trinajstić information content (AvgIpc) is 3.54. The molecule has 0 radical (unpaired) electrons. The van der Waals surface area contributed by atoms with Gasteiger partial charge in [0.2, 0.25) is 0 Å². The summed E-state index contributed by atoms with van der Waals surface area (Å²) in [5.41, 5.74) is 21.2. The molecule has 0 amide bonds. The molecule has 396 valence electrons. The molecule has 0 saturated heterocycles. The lowest BCUT2D eigenvalue weighted by molar-refractivity contribution is 1.12. The quantitative estimate of drug-likeness (QED) is 0.113. The van der Waals surface area contributed by atoms with Gasteiger partial charge in [-0.15, -0.1) is 0 Å². The second kappa shape index (κ2) is 21.9. The fraction of sp³-hybridized carbons (Fsp3) is 0.0244. The summed E-state index contributed by atoms with van der Waals surface area (Å²) in [6, 6.07) is 115. The molecule has 0 aromatic heterocycles. The van der Waals surface area contributed by atoms with E-state index in [1.54, 1.807) is 0 Å². The van der Waals surface area contributed by atoms with Crippen molar-refractivity contribution in [3.8, 4) is 66.8 Å². The lowest BCUT2D eigenvalue weighted by Crippen LogP contribution is -2.31. The monoisotopic (exact) mass is 1070 g/mol. The molecule has 1 aliphatic rings. The maximum atomic E-state index is 2.49. The Morgan fingerprint density at radius 1 is 0.179 bits per heavy atom. The molecule has 0 unspecified atom stereocenters. The maximum absolute atomic E-state index is 2.49.